The van der Waals surface area contributed by atoms with E-state index in [1.54, 1.807) is 0 Å². The third-order valence-electron chi connectivity index (χ3n) is 3.23. The molecule has 3 heteroatoms. The molecule has 1 aromatic heterocycles. The number of aromatic nitrogens is 1. The number of carbonyl (C=O) groups is 1. The summed E-state index contributed by atoms with van der Waals surface area (Å²) in [5.74, 6) is 0. The molecule has 19 heavy (non-hydrogen) atoms. The van der Waals surface area contributed by atoms with E-state index in [-0.39, 0.29) is 0 Å². The first-order valence-corrected chi connectivity index (χ1v) is 6.85. The SMILES string of the molecule is O=Cc1ccc2ccn(Cc3ccccc3Br)c2c1. The van der Waals surface area contributed by atoms with Gasteiger partial charge in [0.2, 0.25) is 0 Å². The lowest BCUT2D eigenvalue weighted by atomic mass is 10.2. The molecule has 0 N–H and O–H groups in total. The normalized spacial score (nSPS) is 10.8. The molecule has 94 valence electrons. The maximum absolute atomic E-state index is 10.9. The van der Waals surface area contributed by atoms with E-state index in [0.29, 0.717) is 5.56 Å². The van der Waals surface area contributed by atoms with Crippen LogP contribution in [0.15, 0.2) is 59.2 Å². The third kappa shape index (κ3) is 2.34. The van der Waals surface area contributed by atoms with Crippen LogP contribution in [-0.2, 0) is 6.54 Å². The molecule has 0 atom stereocenters. The van der Waals surface area contributed by atoms with Gasteiger partial charge in [0.15, 0.2) is 0 Å². The minimum absolute atomic E-state index is 0.708. The summed E-state index contributed by atoms with van der Waals surface area (Å²) in [6.07, 6.45) is 2.94. The van der Waals surface area contributed by atoms with Crippen LogP contribution in [0.3, 0.4) is 0 Å². The van der Waals surface area contributed by atoms with Crippen LogP contribution in [0.25, 0.3) is 10.9 Å². The lowest BCUT2D eigenvalue weighted by Crippen LogP contribution is -1.98. The molecular formula is C16H12BrNO. The smallest absolute Gasteiger partial charge is 0.150 e. The van der Waals surface area contributed by atoms with Crippen LogP contribution < -0.4 is 0 Å². The fourth-order valence-corrected chi connectivity index (χ4v) is 2.63. The summed E-state index contributed by atoms with van der Waals surface area (Å²) in [6, 6.07) is 16.0. The predicted octanol–water partition coefficient (Wildman–Crippen LogP) is 4.26. The van der Waals surface area contributed by atoms with Crippen molar-refractivity contribution in [2.45, 2.75) is 6.54 Å². The van der Waals surface area contributed by atoms with Gasteiger partial charge in [-0.25, -0.2) is 0 Å². The molecule has 0 aliphatic heterocycles. The fourth-order valence-electron chi connectivity index (χ4n) is 2.22. The van der Waals surface area contributed by atoms with E-state index >= 15 is 0 Å². The van der Waals surface area contributed by atoms with Crippen LogP contribution in [-0.4, -0.2) is 10.9 Å². The molecule has 2 aromatic carbocycles. The molecule has 0 radical (unpaired) electrons. The Balaban J connectivity index is 2.06. The number of aldehydes is 1. The number of hydrogen-bond donors (Lipinski definition) is 0. The van der Waals surface area contributed by atoms with Gasteiger partial charge in [0, 0.05) is 28.3 Å². The van der Waals surface area contributed by atoms with Crippen LogP contribution in [0.5, 0.6) is 0 Å². The predicted molar refractivity (Wildman–Crippen MR) is 80.6 cm³/mol. The zero-order valence-electron chi connectivity index (χ0n) is 10.2. The summed E-state index contributed by atoms with van der Waals surface area (Å²) in [5.41, 5.74) is 3.01. The van der Waals surface area contributed by atoms with Gasteiger partial charge in [0.05, 0.1) is 0 Å². The van der Waals surface area contributed by atoms with E-state index in [1.807, 2.05) is 36.4 Å². The van der Waals surface area contributed by atoms with Gasteiger partial charge in [0.25, 0.3) is 0 Å². The Morgan fingerprint density at radius 2 is 1.95 bits per heavy atom. The van der Waals surface area contributed by atoms with Gasteiger partial charge in [-0.3, -0.25) is 4.79 Å². The average Bonchev–Trinajstić information content (AvgIpc) is 2.84. The van der Waals surface area contributed by atoms with E-state index in [0.717, 1.165) is 28.2 Å². The molecule has 0 fully saturated rings. The van der Waals surface area contributed by atoms with Crippen molar-refractivity contribution in [3.8, 4) is 0 Å². The van der Waals surface area contributed by atoms with Crippen LogP contribution in [0, 0.1) is 0 Å². The van der Waals surface area contributed by atoms with Gasteiger partial charge in [-0.2, -0.15) is 0 Å². The number of halogens is 1. The largest absolute Gasteiger partial charge is 0.343 e. The standard InChI is InChI=1S/C16H12BrNO/c17-15-4-2-1-3-14(15)10-18-8-7-13-6-5-12(11-19)9-16(13)18/h1-9,11H,10H2. The molecule has 0 unspecified atom stereocenters. The molecule has 0 saturated carbocycles. The Bertz CT molecular complexity index is 745. The maximum atomic E-state index is 10.9. The zero-order chi connectivity index (χ0) is 13.2. The van der Waals surface area contributed by atoms with Gasteiger partial charge in [-0.05, 0) is 29.1 Å². The Morgan fingerprint density at radius 1 is 1.11 bits per heavy atom. The van der Waals surface area contributed by atoms with Crippen molar-refractivity contribution >= 4 is 33.1 Å². The van der Waals surface area contributed by atoms with Crippen molar-refractivity contribution in [3.05, 3.63) is 70.3 Å². The molecule has 3 aromatic rings. The van der Waals surface area contributed by atoms with Crippen LogP contribution in [0.1, 0.15) is 15.9 Å². The van der Waals surface area contributed by atoms with Crippen LogP contribution in [0.4, 0.5) is 0 Å². The summed E-state index contributed by atoms with van der Waals surface area (Å²) in [6.45, 7) is 0.785. The summed E-state index contributed by atoms with van der Waals surface area (Å²) < 4.78 is 3.26. The van der Waals surface area contributed by atoms with E-state index in [9.17, 15) is 4.79 Å². The minimum atomic E-state index is 0.708. The van der Waals surface area contributed by atoms with Crippen LogP contribution >= 0.6 is 15.9 Å². The highest BCUT2D eigenvalue weighted by molar-refractivity contribution is 9.10. The highest BCUT2D eigenvalue weighted by Gasteiger charge is 2.05. The van der Waals surface area contributed by atoms with Crippen molar-refractivity contribution in [2.75, 3.05) is 0 Å². The molecule has 0 aliphatic rings. The van der Waals surface area contributed by atoms with Crippen molar-refractivity contribution in [2.24, 2.45) is 0 Å². The Kier molecular flexibility index (Phi) is 3.22. The lowest BCUT2D eigenvalue weighted by Gasteiger charge is -2.08. The maximum Gasteiger partial charge on any atom is 0.150 e. The summed E-state index contributed by atoms with van der Waals surface area (Å²) in [4.78, 5) is 10.9. The molecule has 0 saturated heterocycles. The monoisotopic (exact) mass is 313 g/mol. The van der Waals surface area contributed by atoms with E-state index < -0.39 is 0 Å². The Labute approximate surface area is 119 Å². The van der Waals surface area contributed by atoms with Crippen molar-refractivity contribution in [3.63, 3.8) is 0 Å². The first-order chi connectivity index (χ1) is 9.28. The van der Waals surface area contributed by atoms with Gasteiger partial charge < -0.3 is 4.57 Å². The van der Waals surface area contributed by atoms with E-state index in [4.69, 9.17) is 0 Å². The molecule has 0 amide bonds. The summed E-state index contributed by atoms with van der Waals surface area (Å²) in [5, 5.41) is 1.15. The first kappa shape index (κ1) is 12.2. The van der Waals surface area contributed by atoms with Crippen molar-refractivity contribution in [1.82, 2.24) is 4.57 Å². The first-order valence-electron chi connectivity index (χ1n) is 6.05. The number of hydrogen-bond acceptors (Lipinski definition) is 1. The second-order valence-electron chi connectivity index (χ2n) is 4.47. The number of carbonyl (C=O) groups excluding carboxylic acids is 1. The average molecular weight is 314 g/mol. The topological polar surface area (TPSA) is 22.0 Å². The summed E-state index contributed by atoms with van der Waals surface area (Å²) in [7, 11) is 0. The van der Waals surface area contributed by atoms with E-state index in [2.05, 4.69) is 38.8 Å². The van der Waals surface area contributed by atoms with Crippen LogP contribution in [0.2, 0.25) is 0 Å². The number of rotatable bonds is 3. The highest BCUT2D eigenvalue weighted by Crippen LogP contribution is 2.22. The van der Waals surface area contributed by atoms with Crippen molar-refractivity contribution in [1.29, 1.82) is 0 Å². The Morgan fingerprint density at radius 3 is 2.74 bits per heavy atom. The van der Waals surface area contributed by atoms with Gasteiger partial charge in [0.1, 0.15) is 6.29 Å². The molecule has 2 nitrogen and oxygen atoms in total. The number of fused-ring (bicyclic) bond motifs is 1. The minimum Gasteiger partial charge on any atom is -0.343 e. The molecule has 0 aliphatic carbocycles. The second kappa shape index (κ2) is 5.02. The lowest BCUT2D eigenvalue weighted by molar-refractivity contribution is 0.112. The fraction of sp³-hybridized carbons (Fsp3) is 0.0625. The van der Waals surface area contributed by atoms with Gasteiger partial charge >= 0.3 is 0 Å². The van der Waals surface area contributed by atoms with Crippen molar-refractivity contribution < 1.29 is 4.79 Å². The Hall–Kier alpha value is -1.87. The third-order valence-corrected chi connectivity index (χ3v) is 4.01. The zero-order valence-corrected chi connectivity index (χ0v) is 11.8. The molecular weight excluding hydrogens is 302 g/mol. The molecule has 0 spiro atoms. The highest BCUT2D eigenvalue weighted by atomic mass is 79.9. The second-order valence-corrected chi connectivity index (χ2v) is 5.33. The van der Waals surface area contributed by atoms with Gasteiger partial charge in [-0.1, -0.05) is 46.3 Å². The molecule has 1 heterocycles. The quantitative estimate of drug-likeness (QED) is 0.662. The van der Waals surface area contributed by atoms with Gasteiger partial charge in [-0.15, -0.1) is 0 Å². The van der Waals surface area contributed by atoms with E-state index in [1.165, 1.54) is 5.56 Å². The molecule has 3 rings (SSSR count). The number of nitrogens with zero attached hydrogens (tertiary/aromatic N) is 1. The summed E-state index contributed by atoms with van der Waals surface area (Å²) >= 11 is 3.56. The number of benzene rings is 2. The molecule has 0 bridgehead atoms.